The van der Waals surface area contributed by atoms with E-state index in [0.717, 1.165) is 23.6 Å². The van der Waals surface area contributed by atoms with E-state index in [2.05, 4.69) is 36.1 Å². The van der Waals surface area contributed by atoms with Gasteiger partial charge in [0.2, 0.25) is 0 Å². The molecule has 2 saturated carbocycles. The molecule has 5 heteroatoms. The molecule has 3 fully saturated rings. The maximum absolute atomic E-state index is 10.3. The van der Waals surface area contributed by atoms with Gasteiger partial charge in [-0.1, -0.05) is 13.8 Å². The Hall–Kier alpha value is -1.20. The van der Waals surface area contributed by atoms with E-state index in [-0.39, 0.29) is 12.1 Å². The standard InChI is InChI=1S/C20H32N4O/c1-12(2)15-7-16(22-10-17(15)25)19-13(3)21-11-18(23-19)24(4)14-8-20(9-14)5-6-20/h11-12,14-17,22,25H,5-10H2,1-4H3. The van der Waals surface area contributed by atoms with Crippen LogP contribution in [-0.4, -0.2) is 40.8 Å². The summed E-state index contributed by atoms with van der Waals surface area (Å²) < 4.78 is 0. The van der Waals surface area contributed by atoms with Crippen molar-refractivity contribution in [2.45, 2.75) is 71.1 Å². The first kappa shape index (κ1) is 17.2. The number of hydrogen-bond acceptors (Lipinski definition) is 5. The summed E-state index contributed by atoms with van der Waals surface area (Å²) in [6.45, 7) is 7.08. The molecule has 0 aromatic carbocycles. The van der Waals surface area contributed by atoms with E-state index >= 15 is 0 Å². The van der Waals surface area contributed by atoms with Crippen LogP contribution in [0.4, 0.5) is 5.82 Å². The lowest BCUT2D eigenvalue weighted by Crippen LogP contribution is -2.45. The second-order valence-electron chi connectivity index (χ2n) is 9.04. The number of aromatic nitrogens is 2. The molecule has 1 aromatic rings. The van der Waals surface area contributed by atoms with Crippen LogP contribution in [0.25, 0.3) is 0 Å². The summed E-state index contributed by atoms with van der Waals surface area (Å²) in [5.74, 6) is 1.79. The second-order valence-corrected chi connectivity index (χ2v) is 9.04. The van der Waals surface area contributed by atoms with Crippen molar-refractivity contribution in [1.29, 1.82) is 0 Å². The highest BCUT2D eigenvalue weighted by Crippen LogP contribution is 2.61. The Balaban J connectivity index is 1.51. The van der Waals surface area contributed by atoms with Crippen molar-refractivity contribution in [1.82, 2.24) is 15.3 Å². The molecule has 2 aliphatic carbocycles. The number of hydrogen-bond donors (Lipinski definition) is 2. The van der Waals surface area contributed by atoms with Crippen molar-refractivity contribution in [3.05, 3.63) is 17.6 Å². The molecule has 4 rings (SSSR count). The molecule has 2 heterocycles. The Kier molecular flexibility index (Phi) is 4.27. The molecule has 2 N–H and O–H groups in total. The van der Waals surface area contributed by atoms with E-state index in [1.807, 2.05) is 13.1 Å². The van der Waals surface area contributed by atoms with Gasteiger partial charge < -0.3 is 15.3 Å². The third-order valence-electron chi connectivity index (χ3n) is 6.94. The molecule has 3 atom stereocenters. The Bertz CT molecular complexity index is 635. The minimum atomic E-state index is -0.264. The molecule has 0 amide bonds. The summed E-state index contributed by atoms with van der Waals surface area (Å²) in [5.41, 5.74) is 2.76. The highest BCUT2D eigenvalue weighted by molar-refractivity contribution is 5.40. The number of β-amino-alcohol motifs (C(OH)–C–C–N with tert-alkyl or cyclic N) is 1. The van der Waals surface area contributed by atoms with E-state index in [9.17, 15) is 5.11 Å². The quantitative estimate of drug-likeness (QED) is 0.879. The van der Waals surface area contributed by atoms with Gasteiger partial charge >= 0.3 is 0 Å². The van der Waals surface area contributed by atoms with Crippen LogP contribution in [0, 0.1) is 24.2 Å². The van der Waals surface area contributed by atoms with Crippen molar-refractivity contribution < 1.29 is 5.11 Å². The zero-order valence-electron chi connectivity index (χ0n) is 16.0. The van der Waals surface area contributed by atoms with Gasteiger partial charge in [-0.15, -0.1) is 0 Å². The van der Waals surface area contributed by atoms with Crippen molar-refractivity contribution in [3.63, 3.8) is 0 Å². The van der Waals surface area contributed by atoms with Crippen molar-refractivity contribution in [2.75, 3.05) is 18.5 Å². The number of piperidine rings is 1. The van der Waals surface area contributed by atoms with Gasteiger partial charge in [0.1, 0.15) is 5.82 Å². The largest absolute Gasteiger partial charge is 0.392 e. The molecule has 1 saturated heterocycles. The first-order valence-electron chi connectivity index (χ1n) is 9.86. The van der Waals surface area contributed by atoms with Crippen LogP contribution in [0.1, 0.15) is 63.4 Å². The zero-order valence-corrected chi connectivity index (χ0v) is 16.0. The van der Waals surface area contributed by atoms with E-state index in [1.54, 1.807) is 0 Å². The third kappa shape index (κ3) is 3.17. The smallest absolute Gasteiger partial charge is 0.147 e. The summed E-state index contributed by atoms with van der Waals surface area (Å²) >= 11 is 0. The normalized spacial score (nSPS) is 31.2. The van der Waals surface area contributed by atoms with Crippen molar-refractivity contribution >= 4 is 5.82 Å². The van der Waals surface area contributed by atoms with Gasteiger partial charge in [-0.25, -0.2) is 4.98 Å². The summed E-state index contributed by atoms with van der Waals surface area (Å²) in [6.07, 6.45) is 8.07. The predicted molar refractivity (Wildman–Crippen MR) is 99.6 cm³/mol. The van der Waals surface area contributed by atoms with Crippen molar-refractivity contribution in [2.24, 2.45) is 17.3 Å². The number of nitrogens with zero attached hydrogens (tertiary/aromatic N) is 3. The molecule has 3 aliphatic rings. The molecule has 5 nitrogen and oxygen atoms in total. The minimum Gasteiger partial charge on any atom is -0.392 e. The SMILES string of the molecule is Cc1ncc(N(C)C2CC3(CC3)C2)nc1C1CC(C(C)C)C(O)CN1. The van der Waals surface area contributed by atoms with E-state index in [4.69, 9.17) is 4.98 Å². The van der Waals surface area contributed by atoms with Gasteiger partial charge in [-0.3, -0.25) is 4.98 Å². The number of aliphatic hydroxyl groups is 1. The average Bonchev–Trinajstić information content (AvgIpc) is 3.35. The maximum Gasteiger partial charge on any atom is 0.147 e. The lowest BCUT2D eigenvalue weighted by molar-refractivity contribution is 0.0403. The Labute approximate surface area is 151 Å². The monoisotopic (exact) mass is 344 g/mol. The van der Waals surface area contributed by atoms with Gasteiger partial charge in [-0.05, 0) is 56.3 Å². The first-order valence-corrected chi connectivity index (χ1v) is 9.86. The lowest BCUT2D eigenvalue weighted by atomic mass is 9.76. The fourth-order valence-corrected chi connectivity index (χ4v) is 4.79. The molecule has 1 aliphatic heterocycles. The molecule has 0 bridgehead atoms. The Morgan fingerprint density at radius 1 is 1.32 bits per heavy atom. The Morgan fingerprint density at radius 2 is 2.04 bits per heavy atom. The van der Waals surface area contributed by atoms with Gasteiger partial charge in [-0.2, -0.15) is 0 Å². The number of aliphatic hydroxyl groups excluding tert-OH is 1. The van der Waals surface area contributed by atoms with E-state index < -0.39 is 0 Å². The van der Waals surface area contributed by atoms with Crippen molar-refractivity contribution in [3.8, 4) is 0 Å². The average molecular weight is 345 g/mol. The highest BCUT2D eigenvalue weighted by Gasteiger charge is 2.54. The molecule has 138 valence electrons. The summed E-state index contributed by atoms with van der Waals surface area (Å²) in [7, 11) is 2.16. The van der Waals surface area contributed by atoms with E-state index in [1.165, 1.54) is 25.7 Å². The topological polar surface area (TPSA) is 61.3 Å². The molecule has 25 heavy (non-hydrogen) atoms. The second kappa shape index (κ2) is 6.20. The van der Waals surface area contributed by atoms with Gasteiger partial charge in [0, 0.05) is 19.6 Å². The minimum absolute atomic E-state index is 0.188. The summed E-state index contributed by atoms with van der Waals surface area (Å²) in [6, 6.07) is 0.810. The van der Waals surface area contributed by atoms with Gasteiger partial charge in [0.15, 0.2) is 0 Å². The number of aryl methyl sites for hydroxylation is 1. The van der Waals surface area contributed by atoms with Crippen LogP contribution in [0.15, 0.2) is 6.20 Å². The number of rotatable bonds is 4. The van der Waals surface area contributed by atoms with Crippen LogP contribution in [0.3, 0.4) is 0 Å². The fraction of sp³-hybridized carbons (Fsp3) is 0.800. The number of anilines is 1. The van der Waals surface area contributed by atoms with Gasteiger partial charge in [0.25, 0.3) is 0 Å². The fourth-order valence-electron chi connectivity index (χ4n) is 4.79. The van der Waals surface area contributed by atoms with Crippen LogP contribution < -0.4 is 10.2 Å². The molecular formula is C20H32N4O. The van der Waals surface area contributed by atoms with Crippen LogP contribution in [0.5, 0.6) is 0 Å². The highest BCUT2D eigenvalue weighted by atomic mass is 16.3. The predicted octanol–water partition coefficient (Wildman–Crippen LogP) is 2.83. The number of nitrogens with one attached hydrogen (secondary N) is 1. The maximum atomic E-state index is 10.3. The van der Waals surface area contributed by atoms with Gasteiger partial charge in [0.05, 0.1) is 29.7 Å². The molecule has 0 radical (unpaired) electrons. The van der Waals surface area contributed by atoms with Crippen LogP contribution >= 0.6 is 0 Å². The molecule has 1 spiro atoms. The van der Waals surface area contributed by atoms with E-state index in [0.29, 0.717) is 29.8 Å². The Morgan fingerprint density at radius 3 is 2.68 bits per heavy atom. The molecule has 3 unspecified atom stereocenters. The molecule has 1 aromatic heterocycles. The third-order valence-corrected chi connectivity index (χ3v) is 6.94. The van der Waals surface area contributed by atoms with Crippen LogP contribution in [-0.2, 0) is 0 Å². The first-order chi connectivity index (χ1) is 11.9. The zero-order chi connectivity index (χ0) is 17.8. The lowest BCUT2D eigenvalue weighted by Gasteiger charge is -2.42. The molecular weight excluding hydrogens is 312 g/mol. The summed E-state index contributed by atoms with van der Waals surface area (Å²) in [4.78, 5) is 12.0. The van der Waals surface area contributed by atoms with Crippen LogP contribution in [0.2, 0.25) is 0 Å². The summed E-state index contributed by atoms with van der Waals surface area (Å²) in [5, 5.41) is 13.8.